The highest BCUT2D eigenvalue weighted by molar-refractivity contribution is 6.33. The summed E-state index contributed by atoms with van der Waals surface area (Å²) in [6.45, 7) is 2.81. The third-order valence-electron chi connectivity index (χ3n) is 3.42. The largest absolute Gasteiger partial charge is 0.396 e. The van der Waals surface area contributed by atoms with Crippen molar-refractivity contribution in [3.8, 4) is 0 Å². The van der Waals surface area contributed by atoms with E-state index in [4.69, 9.17) is 16.7 Å². The Morgan fingerprint density at radius 1 is 1.45 bits per heavy atom. The van der Waals surface area contributed by atoms with Gasteiger partial charge in [0.2, 0.25) is 0 Å². The number of nitrogens with one attached hydrogen (secondary N) is 1. The van der Waals surface area contributed by atoms with E-state index in [1.807, 2.05) is 30.0 Å². The van der Waals surface area contributed by atoms with Crippen LogP contribution in [-0.4, -0.2) is 35.2 Å². The van der Waals surface area contributed by atoms with Crippen molar-refractivity contribution in [1.29, 1.82) is 0 Å². The Morgan fingerprint density at radius 2 is 2.20 bits per heavy atom. The molecule has 1 saturated carbocycles. The molecule has 4 nitrogen and oxygen atoms in total. The van der Waals surface area contributed by atoms with E-state index in [9.17, 15) is 4.79 Å². The Hall–Kier alpha value is -1.26. The van der Waals surface area contributed by atoms with E-state index in [1.54, 1.807) is 0 Å². The molecule has 110 valence electrons. The van der Waals surface area contributed by atoms with Crippen molar-refractivity contribution in [2.75, 3.05) is 18.5 Å². The lowest BCUT2D eigenvalue weighted by Crippen LogP contribution is -2.37. The van der Waals surface area contributed by atoms with E-state index in [2.05, 4.69) is 5.32 Å². The third kappa shape index (κ3) is 4.12. The first-order chi connectivity index (χ1) is 9.61. The van der Waals surface area contributed by atoms with Gasteiger partial charge in [-0.2, -0.15) is 0 Å². The number of amides is 2. The fourth-order valence-electron chi connectivity index (χ4n) is 2.14. The highest BCUT2D eigenvalue weighted by Crippen LogP contribution is 2.29. The van der Waals surface area contributed by atoms with Crippen molar-refractivity contribution in [3.63, 3.8) is 0 Å². The number of benzene rings is 1. The van der Waals surface area contributed by atoms with E-state index < -0.39 is 0 Å². The van der Waals surface area contributed by atoms with Crippen molar-refractivity contribution in [1.82, 2.24) is 4.90 Å². The number of rotatable bonds is 6. The minimum atomic E-state index is -0.101. The molecule has 0 bridgehead atoms. The lowest BCUT2D eigenvalue weighted by atomic mass is 10.2. The molecule has 0 atom stereocenters. The molecule has 5 heteroatoms. The van der Waals surface area contributed by atoms with E-state index >= 15 is 0 Å². The molecule has 2 rings (SSSR count). The topological polar surface area (TPSA) is 52.6 Å². The number of carbonyl (C=O) groups excluding carboxylic acids is 1. The zero-order valence-electron chi connectivity index (χ0n) is 11.7. The summed E-state index contributed by atoms with van der Waals surface area (Å²) in [5.74, 6) is 0. The predicted molar refractivity (Wildman–Crippen MR) is 81.3 cm³/mol. The summed E-state index contributed by atoms with van der Waals surface area (Å²) < 4.78 is 0. The highest BCUT2D eigenvalue weighted by Gasteiger charge is 2.32. The van der Waals surface area contributed by atoms with Crippen LogP contribution >= 0.6 is 11.6 Å². The van der Waals surface area contributed by atoms with Crippen LogP contribution in [0.25, 0.3) is 0 Å². The molecule has 20 heavy (non-hydrogen) atoms. The molecular weight excluding hydrogens is 276 g/mol. The summed E-state index contributed by atoms with van der Waals surface area (Å²) in [6, 6.07) is 5.84. The average Bonchev–Trinajstić information content (AvgIpc) is 3.22. The average molecular weight is 297 g/mol. The highest BCUT2D eigenvalue weighted by atomic mass is 35.5. The van der Waals surface area contributed by atoms with Crippen LogP contribution in [0.4, 0.5) is 10.5 Å². The van der Waals surface area contributed by atoms with E-state index in [0.717, 1.165) is 31.2 Å². The number of aryl methyl sites for hydroxylation is 1. The maximum absolute atomic E-state index is 12.3. The Balaban J connectivity index is 1.97. The van der Waals surface area contributed by atoms with Gasteiger partial charge in [0.05, 0.1) is 10.7 Å². The van der Waals surface area contributed by atoms with E-state index in [0.29, 0.717) is 23.3 Å². The van der Waals surface area contributed by atoms with E-state index in [-0.39, 0.29) is 12.6 Å². The second kappa shape index (κ2) is 6.95. The molecule has 2 amide bonds. The number of aliphatic hydroxyl groups excluding tert-OH is 1. The zero-order chi connectivity index (χ0) is 14.5. The molecule has 0 radical (unpaired) electrons. The van der Waals surface area contributed by atoms with Crippen LogP contribution in [0.1, 0.15) is 31.2 Å². The smallest absolute Gasteiger partial charge is 0.322 e. The third-order valence-corrected chi connectivity index (χ3v) is 3.73. The molecule has 2 N–H and O–H groups in total. The molecule has 1 aliphatic carbocycles. The van der Waals surface area contributed by atoms with Gasteiger partial charge in [-0.3, -0.25) is 0 Å². The number of urea groups is 1. The first kappa shape index (κ1) is 15.1. The van der Waals surface area contributed by atoms with Crippen LogP contribution in [0.3, 0.4) is 0 Å². The zero-order valence-corrected chi connectivity index (χ0v) is 12.5. The lowest BCUT2D eigenvalue weighted by molar-refractivity contribution is 0.204. The molecule has 0 aliphatic heterocycles. The molecule has 0 spiro atoms. The van der Waals surface area contributed by atoms with Gasteiger partial charge in [-0.25, -0.2) is 4.79 Å². The molecule has 1 aromatic rings. The number of aliphatic hydroxyl groups is 1. The second-order valence-corrected chi connectivity index (χ2v) is 5.68. The first-order valence-electron chi connectivity index (χ1n) is 7.06. The van der Waals surface area contributed by atoms with Gasteiger partial charge in [0.25, 0.3) is 0 Å². The van der Waals surface area contributed by atoms with Crippen molar-refractivity contribution in [3.05, 3.63) is 28.8 Å². The minimum absolute atomic E-state index is 0.101. The van der Waals surface area contributed by atoms with Crippen LogP contribution in [-0.2, 0) is 0 Å². The van der Waals surface area contributed by atoms with Gasteiger partial charge in [-0.05, 0) is 50.3 Å². The number of carbonyl (C=O) groups is 1. The fraction of sp³-hybridized carbons (Fsp3) is 0.533. The molecule has 0 aromatic heterocycles. The number of hydrogen-bond acceptors (Lipinski definition) is 2. The quantitative estimate of drug-likeness (QED) is 0.790. The summed E-state index contributed by atoms with van der Waals surface area (Å²) in [5, 5.41) is 12.3. The van der Waals surface area contributed by atoms with Gasteiger partial charge in [0.1, 0.15) is 0 Å². The number of hydrogen-bond donors (Lipinski definition) is 2. The van der Waals surface area contributed by atoms with Gasteiger partial charge in [-0.15, -0.1) is 0 Å². The molecule has 1 aliphatic rings. The maximum atomic E-state index is 12.3. The molecule has 0 saturated heterocycles. The van der Waals surface area contributed by atoms with Crippen LogP contribution in [0.2, 0.25) is 5.02 Å². The molecule has 0 unspecified atom stereocenters. The number of halogens is 1. The summed E-state index contributed by atoms with van der Waals surface area (Å²) in [4.78, 5) is 14.2. The molecule has 0 heterocycles. The van der Waals surface area contributed by atoms with Crippen LogP contribution in [0, 0.1) is 6.92 Å². The maximum Gasteiger partial charge on any atom is 0.322 e. The molecule has 1 aromatic carbocycles. The summed E-state index contributed by atoms with van der Waals surface area (Å²) in [7, 11) is 0. The van der Waals surface area contributed by atoms with Gasteiger partial charge in [0.15, 0.2) is 0 Å². The van der Waals surface area contributed by atoms with Crippen molar-refractivity contribution < 1.29 is 9.90 Å². The van der Waals surface area contributed by atoms with E-state index in [1.165, 1.54) is 0 Å². The van der Waals surface area contributed by atoms with Crippen LogP contribution < -0.4 is 5.32 Å². The predicted octanol–water partition coefficient (Wildman–Crippen LogP) is 3.42. The molecule has 1 fully saturated rings. The monoisotopic (exact) mass is 296 g/mol. The summed E-state index contributed by atoms with van der Waals surface area (Å²) in [5.41, 5.74) is 1.71. The SMILES string of the molecule is Cc1ccc(NC(=O)N(CCCCO)C2CC2)c(Cl)c1. The summed E-state index contributed by atoms with van der Waals surface area (Å²) in [6.07, 6.45) is 3.67. The Bertz CT molecular complexity index is 475. The normalized spacial score (nSPS) is 14.2. The number of anilines is 1. The van der Waals surface area contributed by atoms with Crippen molar-refractivity contribution >= 4 is 23.3 Å². The van der Waals surface area contributed by atoms with Crippen LogP contribution in [0.5, 0.6) is 0 Å². The van der Waals surface area contributed by atoms with Crippen LogP contribution in [0.15, 0.2) is 18.2 Å². The van der Waals surface area contributed by atoms with Gasteiger partial charge >= 0.3 is 6.03 Å². The van der Waals surface area contributed by atoms with Gasteiger partial charge in [0, 0.05) is 19.2 Å². The Labute approximate surface area is 124 Å². The van der Waals surface area contributed by atoms with Gasteiger partial charge < -0.3 is 15.3 Å². The Morgan fingerprint density at radius 3 is 2.80 bits per heavy atom. The Kier molecular flexibility index (Phi) is 5.26. The second-order valence-electron chi connectivity index (χ2n) is 5.27. The number of nitrogens with zero attached hydrogens (tertiary/aromatic N) is 1. The lowest BCUT2D eigenvalue weighted by Gasteiger charge is -2.23. The standard InChI is InChI=1S/C15H21ClN2O2/c1-11-4-7-14(13(16)10-11)17-15(20)18(12-5-6-12)8-2-3-9-19/h4,7,10,12,19H,2-3,5-6,8-9H2,1H3,(H,17,20). The number of unbranched alkanes of at least 4 members (excludes halogenated alkanes) is 1. The van der Waals surface area contributed by atoms with Crippen molar-refractivity contribution in [2.24, 2.45) is 0 Å². The summed E-state index contributed by atoms with van der Waals surface area (Å²) >= 11 is 6.13. The van der Waals surface area contributed by atoms with Crippen molar-refractivity contribution in [2.45, 2.75) is 38.6 Å². The van der Waals surface area contributed by atoms with Gasteiger partial charge in [-0.1, -0.05) is 17.7 Å². The molecular formula is C15H21ClN2O2. The first-order valence-corrected chi connectivity index (χ1v) is 7.44. The fourth-order valence-corrected chi connectivity index (χ4v) is 2.42. The minimum Gasteiger partial charge on any atom is -0.396 e.